The Morgan fingerprint density at radius 3 is 2.65 bits per heavy atom. The van der Waals surface area contributed by atoms with E-state index in [2.05, 4.69) is 12.2 Å². The maximum Gasteiger partial charge on any atom is 0.220 e. The van der Waals surface area contributed by atoms with E-state index in [9.17, 15) is 4.79 Å². The highest BCUT2D eigenvalue weighted by Crippen LogP contribution is 2.21. The molecular formula is C16H24N2O2. The fourth-order valence-corrected chi connectivity index (χ4v) is 2.50. The number of ether oxygens (including phenoxy) is 1. The van der Waals surface area contributed by atoms with Gasteiger partial charge in [-0.15, -0.1) is 0 Å². The SMILES string of the molecule is CC1(NC(=O)CCC(N)c2ccccc2)CCOCC1. The van der Waals surface area contributed by atoms with Gasteiger partial charge in [0.2, 0.25) is 5.91 Å². The van der Waals surface area contributed by atoms with Crippen molar-refractivity contribution < 1.29 is 9.53 Å². The molecule has 0 saturated carbocycles. The van der Waals surface area contributed by atoms with Crippen molar-refractivity contribution in [2.24, 2.45) is 5.73 Å². The predicted molar refractivity (Wildman–Crippen MR) is 79.2 cm³/mol. The number of nitrogens with one attached hydrogen (secondary N) is 1. The zero-order valence-electron chi connectivity index (χ0n) is 12.1. The number of benzene rings is 1. The van der Waals surface area contributed by atoms with Gasteiger partial charge in [-0.1, -0.05) is 30.3 Å². The van der Waals surface area contributed by atoms with E-state index in [0.29, 0.717) is 12.8 Å². The summed E-state index contributed by atoms with van der Waals surface area (Å²) >= 11 is 0. The Hall–Kier alpha value is -1.39. The lowest BCUT2D eigenvalue weighted by atomic mass is 9.92. The molecule has 1 fully saturated rings. The number of amides is 1. The molecule has 1 atom stereocenters. The van der Waals surface area contributed by atoms with E-state index in [4.69, 9.17) is 10.5 Å². The molecule has 1 aliphatic heterocycles. The summed E-state index contributed by atoms with van der Waals surface area (Å²) < 4.78 is 5.33. The first-order valence-corrected chi connectivity index (χ1v) is 7.28. The first-order valence-electron chi connectivity index (χ1n) is 7.28. The van der Waals surface area contributed by atoms with Crippen LogP contribution in [0.1, 0.15) is 44.2 Å². The topological polar surface area (TPSA) is 64.4 Å². The molecule has 1 saturated heterocycles. The van der Waals surface area contributed by atoms with Gasteiger partial charge < -0.3 is 15.8 Å². The van der Waals surface area contributed by atoms with E-state index in [1.54, 1.807) is 0 Å². The summed E-state index contributed by atoms with van der Waals surface area (Å²) in [5, 5.41) is 3.13. The number of rotatable bonds is 5. The second-order valence-electron chi connectivity index (χ2n) is 5.78. The first-order chi connectivity index (χ1) is 9.59. The van der Waals surface area contributed by atoms with Crippen molar-refractivity contribution in [3.8, 4) is 0 Å². The number of hydrogen-bond acceptors (Lipinski definition) is 3. The zero-order chi connectivity index (χ0) is 14.4. The average Bonchev–Trinajstić information content (AvgIpc) is 2.46. The van der Waals surface area contributed by atoms with Gasteiger partial charge in [0.25, 0.3) is 0 Å². The molecule has 110 valence electrons. The molecule has 1 amide bonds. The molecule has 0 spiro atoms. The molecule has 0 aliphatic carbocycles. The van der Waals surface area contributed by atoms with Crippen LogP contribution < -0.4 is 11.1 Å². The van der Waals surface area contributed by atoms with E-state index in [-0.39, 0.29) is 17.5 Å². The molecule has 4 nitrogen and oxygen atoms in total. The third kappa shape index (κ3) is 4.32. The highest BCUT2D eigenvalue weighted by molar-refractivity contribution is 5.76. The Labute approximate surface area is 120 Å². The molecule has 1 aromatic carbocycles. The molecule has 1 aromatic rings. The van der Waals surface area contributed by atoms with Crippen molar-refractivity contribution in [3.63, 3.8) is 0 Å². The fraction of sp³-hybridized carbons (Fsp3) is 0.562. The number of nitrogens with two attached hydrogens (primary N) is 1. The maximum atomic E-state index is 12.0. The summed E-state index contributed by atoms with van der Waals surface area (Å²) in [6, 6.07) is 9.83. The van der Waals surface area contributed by atoms with Crippen molar-refractivity contribution in [1.82, 2.24) is 5.32 Å². The van der Waals surface area contributed by atoms with Crippen LogP contribution in [-0.2, 0) is 9.53 Å². The smallest absolute Gasteiger partial charge is 0.220 e. The Morgan fingerprint density at radius 1 is 1.35 bits per heavy atom. The molecule has 0 bridgehead atoms. The minimum Gasteiger partial charge on any atom is -0.381 e. The van der Waals surface area contributed by atoms with Crippen LogP contribution in [0.15, 0.2) is 30.3 Å². The van der Waals surface area contributed by atoms with Crippen LogP contribution in [0.3, 0.4) is 0 Å². The molecule has 4 heteroatoms. The van der Waals surface area contributed by atoms with Crippen molar-refractivity contribution in [2.75, 3.05) is 13.2 Å². The van der Waals surface area contributed by atoms with E-state index in [0.717, 1.165) is 31.6 Å². The predicted octanol–water partition coefficient (Wildman–Crippen LogP) is 2.15. The van der Waals surface area contributed by atoms with Gasteiger partial charge in [-0.25, -0.2) is 0 Å². The van der Waals surface area contributed by atoms with E-state index in [1.165, 1.54) is 0 Å². The maximum absolute atomic E-state index is 12.0. The lowest BCUT2D eigenvalue weighted by Gasteiger charge is -2.34. The third-order valence-corrected chi connectivity index (χ3v) is 3.95. The van der Waals surface area contributed by atoms with Crippen molar-refractivity contribution >= 4 is 5.91 Å². The Morgan fingerprint density at radius 2 is 2.00 bits per heavy atom. The molecule has 2 rings (SSSR count). The minimum atomic E-state index is -0.119. The van der Waals surface area contributed by atoms with Crippen LogP contribution >= 0.6 is 0 Å². The molecular weight excluding hydrogens is 252 g/mol. The normalized spacial score (nSPS) is 19.3. The van der Waals surface area contributed by atoms with Crippen LogP contribution in [0.4, 0.5) is 0 Å². The average molecular weight is 276 g/mol. The molecule has 0 aromatic heterocycles. The van der Waals surface area contributed by atoms with Gasteiger partial charge in [0.15, 0.2) is 0 Å². The molecule has 1 aliphatic rings. The standard InChI is InChI=1S/C16H24N2O2/c1-16(9-11-20-12-10-16)18-15(19)8-7-14(17)13-5-3-2-4-6-13/h2-6,14H,7-12,17H2,1H3,(H,18,19). The Kier molecular flexibility index (Phi) is 5.15. The molecule has 3 N–H and O–H groups in total. The molecule has 1 unspecified atom stereocenters. The lowest BCUT2D eigenvalue weighted by molar-refractivity contribution is -0.124. The largest absolute Gasteiger partial charge is 0.381 e. The van der Waals surface area contributed by atoms with Crippen LogP contribution in [-0.4, -0.2) is 24.7 Å². The van der Waals surface area contributed by atoms with Gasteiger partial charge in [-0.05, 0) is 31.7 Å². The highest BCUT2D eigenvalue weighted by Gasteiger charge is 2.28. The zero-order valence-corrected chi connectivity index (χ0v) is 12.1. The van der Waals surface area contributed by atoms with Gasteiger partial charge in [-0.3, -0.25) is 4.79 Å². The fourth-order valence-electron chi connectivity index (χ4n) is 2.50. The van der Waals surface area contributed by atoms with Crippen molar-refractivity contribution in [1.29, 1.82) is 0 Å². The molecule has 1 heterocycles. The van der Waals surface area contributed by atoms with Crippen molar-refractivity contribution in [2.45, 2.75) is 44.2 Å². The van der Waals surface area contributed by atoms with Gasteiger partial charge in [0.05, 0.1) is 0 Å². The molecule has 20 heavy (non-hydrogen) atoms. The number of carbonyl (C=O) groups excluding carboxylic acids is 1. The summed E-state index contributed by atoms with van der Waals surface area (Å²) in [4.78, 5) is 12.0. The third-order valence-electron chi connectivity index (χ3n) is 3.95. The van der Waals surface area contributed by atoms with Crippen LogP contribution in [0.5, 0.6) is 0 Å². The monoisotopic (exact) mass is 276 g/mol. The van der Waals surface area contributed by atoms with Crippen LogP contribution in [0.2, 0.25) is 0 Å². The van der Waals surface area contributed by atoms with Gasteiger partial charge >= 0.3 is 0 Å². The summed E-state index contributed by atoms with van der Waals surface area (Å²) in [7, 11) is 0. The summed E-state index contributed by atoms with van der Waals surface area (Å²) in [6.45, 7) is 3.53. The van der Waals surface area contributed by atoms with Crippen LogP contribution in [0, 0.1) is 0 Å². The van der Waals surface area contributed by atoms with E-state index in [1.807, 2.05) is 30.3 Å². The second kappa shape index (κ2) is 6.86. The first kappa shape index (κ1) is 15.0. The van der Waals surface area contributed by atoms with E-state index >= 15 is 0 Å². The van der Waals surface area contributed by atoms with Crippen molar-refractivity contribution in [3.05, 3.63) is 35.9 Å². The summed E-state index contributed by atoms with van der Waals surface area (Å²) in [6.07, 6.45) is 2.89. The minimum absolute atomic E-state index is 0.0792. The van der Waals surface area contributed by atoms with E-state index < -0.39 is 0 Å². The van der Waals surface area contributed by atoms with Gasteiger partial charge in [0, 0.05) is 31.2 Å². The summed E-state index contributed by atoms with van der Waals surface area (Å²) in [5.41, 5.74) is 7.07. The second-order valence-corrected chi connectivity index (χ2v) is 5.78. The number of hydrogen-bond donors (Lipinski definition) is 2. The Balaban J connectivity index is 1.77. The van der Waals surface area contributed by atoms with Crippen LogP contribution in [0.25, 0.3) is 0 Å². The van der Waals surface area contributed by atoms with Gasteiger partial charge in [0.1, 0.15) is 0 Å². The highest BCUT2D eigenvalue weighted by atomic mass is 16.5. The lowest BCUT2D eigenvalue weighted by Crippen LogP contribution is -2.49. The quantitative estimate of drug-likeness (QED) is 0.866. The number of carbonyl (C=O) groups is 1. The summed E-state index contributed by atoms with van der Waals surface area (Å²) in [5.74, 6) is 0.0841. The Bertz CT molecular complexity index is 427. The molecule has 0 radical (unpaired) electrons. The van der Waals surface area contributed by atoms with Gasteiger partial charge in [-0.2, -0.15) is 0 Å².